The highest BCUT2D eigenvalue weighted by Crippen LogP contribution is 2.32. The lowest BCUT2D eigenvalue weighted by molar-refractivity contribution is -0.134. The molecule has 0 spiro atoms. The first kappa shape index (κ1) is 18.0. The summed E-state index contributed by atoms with van der Waals surface area (Å²) in [4.78, 5) is 45.2. The van der Waals surface area contributed by atoms with Crippen LogP contribution in [0.2, 0.25) is 0 Å². The third kappa shape index (κ3) is 3.57. The number of nitrogens with one attached hydrogen (secondary N) is 1. The lowest BCUT2D eigenvalue weighted by atomic mass is 9.97. The Hall–Kier alpha value is -2.38. The molecule has 1 aromatic heterocycles. The van der Waals surface area contributed by atoms with Crippen LogP contribution in [-0.4, -0.2) is 50.9 Å². The van der Waals surface area contributed by atoms with Crippen LogP contribution in [-0.2, 0) is 24.9 Å². The number of aryl methyl sites for hydroxylation is 1. The molecule has 1 saturated carbocycles. The summed E-state index contributed by atoms with van der Waals surface area (Å²) in [6.07, 6.45) is 4.07. The van der Waals surface area contributed by atoms with Gasteiger partial charge in [-0.3, -0.25) is 14.2 Å². The van der Waals surface area contributed by atoms with Gasteiger partial charge in [0.2, 0.25) is 5.91 Å². The van der Waals surface area contributed by atoms with Crippen molar-refractivity contribution >= 4 is 11.9 Å². The van der Waals surface area contributed by atoms with Crippen molar-refractivity contribution in [2.75, 3.05) is 19.6 Å². The van der Waals surface area contributed by atoms with Gasteiger partial charge in [-0.2, -0.15) is 0 Å². The standard InChI is InChI=1S/C19H27N5O3/c1-12-21-16-11-24(10-15(16)18(26)22(12)2)19(27)20-8-13-4-3-7-23(9-13)17(25)14-5-6-14/h13-14H,3-11H2,1-2H3,(H,20,27). The van der Waals surface area contributed by atoms with E-state index in [9.17, 15) is 14.4 Å². The Bertz CT molecular complexity index is 829. The van der Waals surface area contributed by atoms with Crippen molar-refractivity contribution in [3.05, 3.63) is 27.4 Å². The summed E-state index contributed by atoms with van der Waals surface area (Å²) < 4.78 is 1.52. The van der Waals surface area contributed by atoms with Crippen LogP contribution in [0.3, 0.4) is 0 Å². The molecule has 146 valence electrons. The quantitative estimate of drug-likeness (QED) is 0.847. The third-order valence-corrected chi connectivity index (χ3v) is 5.97. The molecule has 1 aromatic rings. The Labute approximate surface area is 158 Å². The summed E-state index contributed by atoms with van der Waals surface area (Å²) >= 11 is 0. The number of hydrogen-bond acceptors (Lipinski definition) is 4. The van der Waals surface area contributed by atoms with E-state index in [1.807, 2.05) is 4.90 Å². The second-order valence-corrected chi connectivity index (χ2v) is 8.06. The van der Waals surface area contributed by atoms with E-state index in [0.717, 1.165) is 38.8 Å². The second-order valence-electron chi connectivity index (χ2n) is 8.06. The smallest absolute Gasteiger partial charge is 0.318 e. The minimum absolute atomic E-state index is 0.0747. The highest BCUT2D eigenvalue weighted by molar-refractivity contribution is 5.81. The van der Waals surface area contributed by atoms with Crippen molar-refractivity contribution in [2.24, 2.45) is 18.9 Å². The fraction of sp³-hybridized carbons (Fsp3) is 0.684. The Morgan fingerprint density at radius 3 is 2.70 bits per heavy atom. The number of hydrogen-bond donors (Lipinski definition) is 1. The van der Waals surface area contributed by atoms with Gasteiger partial charge < -0.3 is 15.1 Å². The lowest BCUT2D eigenvalue weighted by Crippen LogP contribution is -2.46. The number of carbonyl (C=O) groups is 2. The first-order chi connectivity index (χ1) is 12.9. The van der Waals surface area contributed by atoms with Crippen LogP contribution in [0.1, 0.15) is 42.8 Å². The molecule has 2 aliphatic heterocycles. The number of likely N-dealkylation sites (tertiary alicyclic amines) is 1. The van der Waals surface area contributed by atoms with E-state index >= 15 is 0 Å². The van der Waals surface area contributed by atoms with Gasteiger partial charge in [0.1, 0.15) is 5.82 Å². The minimum atomic E-state index is -0.168. The Morgan fingerprint density at radius 1 is 1.19 bits per heavy atom. The van der Waals surface area contributed by atoms with Gasteiger partial charge in [0, 0.05) is 32.6 Å². The van der Waals surface area contributed by atoms with Crippen LogP contribution < -0.4 is 10.9 Å². The number of piperidine rings is 1. The van der Waals surface area contributed by atoms with E-state index in [1.165, 1.54) is 4.57 Å². The molecule has 4 rings (SSSR count). The first-order valence-corrected chi connectivity index (χ1v) is 9.81. The minimum Gasteiger partial charge on any atom is -0.342 e. The van der Waals surface area contributed by atoms with Crippen LogP contribution in [0, 0.1) is 18.8 Å². The monoisotopic (exact) mass is 373 g/mol. The molecule has 8 heteroatoms. The second kappa shape index (κ2) is 6.98. The van der Waals surface area contributed by atoms with Crippen LogP contribution in [0.5, 0.6) is 0 Å². The van der Waals surface area contributed by atoms with Gasteiger partial charge >= 0.3 is 6.03 Å². The fourth-order valence-corrected chi connectivity index (χ4v) is 4.04. The molecular weight excluding hydrogens is 346 g/mol. The predicted molar refractivity (Wildman–Crippen MR) is 98.9 cm³/mol. The van der Waals surface area contributed by atoms with E-state index in [-0.39, 0.29) is 17.5 Å². The van der Waals surface area contributed by atoms with E-state index in [2.05, 4.69) is 10.3 Å². The molecule has 1 saturated heterocycles. The molecule has 0 aromatic carbocycles. The Kier molecular flexibility index (Phi) is 4.65. The van der Waals surface area contributed by atoms with Crippen LogP contribution in [0.15, 0.2) is 4.79 Å². The molecule has 3 amide bonds. The van der Waals surface area contributed by atoms with E-state index in [1.54, 1.807) is 18.9 Å². The Morgan fingerprint density at radius 2 is 1.96 bits per heavy atom. The molecular formula is C19H27N5O3. The highest BCUT2D eigenvalue weighted by Gasteiger charge is 2.35. The van der Waals surface area contributed by atoms with Crippen molar-refractivity contribution in [1.29, 1.82) is 0 Å². The van der Waals surface area contributed by atoms with Gasteiger partial charge in [0.25, 0.3) is 5.56 Å². The van der Waals surface area contributed by atoms with Crippen molar-refractivity contribution < 1.29 is 9.59 Å². The molecule has 1 unspecified atom stereocenters. The maximum Gasteiger partial charge on any atom is 0.318 e. The van der Waals surface area contributed by atoms with Crippen molar-refractivity contribution in [2.45, 2.75) is 45.7 Å². The van der Waals surface area contributed by atoms with Gasteiger partial charge in [-0.05, 0) is 38.5 Å². The zero-order chi connectivity index (χ0) is 19.1. The number of amides is 3. The predicted octanol–water partition coefficient (Wildman–Crippen LogP) is 0.763. The lowest BCUT2D eigenvalue weighted by Gasteiger charge is -2.33. The number of fused-ring (bicyclic) bond motifs is 1. The fourth-order valence-electron chi connectivity index (χ4n) is 4.04. The number of carbonyl (C=O) groups excluding carboxylic acids is 2. The summed E-state index contributed by atoms with van der Waals surface area (Å²) in [5.41, 5.74) is 1.23. The summed E-state index contributed by atoms with van der Waals surface area (Å²) in [6.45, 7) is 4.60. The SMILES string of the molecule is Cc1nc2c(c(=O)n1C)CN(C(=O)NCC1CCCN(C(=O)C3CC3)C1)C2. The topological polar surface area (TPSA) is 87.5 Å². The van der Waals surface area contributed by atoms with Gasteiger partial charge in [-0.25, -0.2) is 9.78 Å². The molecule has 3 aliphatic rings. The third-order valence-electron chi connectivity index (χ3n) is 5.97. The molecule has 1 atom stereocenters. The largest absolute Gasteiger partial charge is 0.342 e. The Balaban J connectivity index is 1.32. The molecule has 27 heavy (non-hydrogen) atoms. The molecule has 0 bridgehead atoms. The summed E-state index contributed by atoms with van der Waals surface area (Å²) in [5, 5.41) is 2.99. The zero-order valence-electron chi connectivity index (χ0n) is 16.0. The first-order valence-electron chi connectivity index (χ1n) is 9.81. The van der Waals surface area contributed by atoms with Crippen molar-refractivity contribution in [3.8, 4) is 0 Å². The maximum absolute atomic E-state index is 12.6. The summed E-state index contributed by atoms with van der Waals surface area (Å²) in [6, 6.07) is -0.168. The molecule has 2 fully saturated rings. The zero-order valence-corrected chi connectivity index (χ0v) is 16.0. The number of urea groups is 1. The highest BCUT2D eigenvalue weighted by atomic mass is 16.2. The van der Waals surface area contributed by atoms with Crippen molar-refractivity contribution in [1.82, 2.24) is 24.7 Å². The average molecular weight is 373 g/mol. The van der Waals surface area contributed by atoms with E-state index in [0.29, 0.717) is 48.5 Å². The summed E-state index contributed by atoms with van der Waals surface area (Å²) in [5.74, 6) is 1.49. The van der Waals surface area contributed by atoms with E-state index < -0.39 is 0 Å². The summed E-state index contributed by atoms with van der Waals surface area (Å²) in [7, 11) is 1.70. The number of aromatic nitrogens is 2. The van der Waals surface area contributed by atoms with Gasteiger partial charge in [-0.15, -0.1) is 0 Å². The molecule has 1 N–H and O–H groups in total. The van der Waals surface area contributed by atoms with Crippen LogP contribution in [0.4, 0.5) is 4.79 Å². The molecule has 3 heterocycles. The number of nitrogens with zero attached hydrogens (tertiary/aromatic N) is 4. The van der Waals surface area contributed by atoms with Gasteiger partial charge in [0.05, 0.1) is 24.3 Å². The number of rotatable bonds is 3. The van der Waals surface area contributed by atoms with Crippen molar-refractivity contribution in [3.63, 3.8) is 0 Å². The van der Waals surface area contributed by atoms with Gasteiger partial charge in [-0.1, -0.05) is 0 Å². The van der Waals surface area contributed by atoms with Gasteiger partial charge in [0.15, 0.2) is 0 Å². The maximum atomic E-state index is 12.6. The average Bonchev–Trinajstić information content (AvgIpc) is 3.43. The normalized spacial score (nSPS) is 21.9. The van der Waals surface area contributed by atoms with Crippen LogP contribution >= 0.6 is 0 Å². The molecule has 1 aliphatic carbocycles. The van der Waals surface area contributed by atoms with Crippen LogP contribution in [0.25, 0.3) is 0 Å². The van der Waals surface area contributed by atoms with E-state index in [4.69, 9.17) is 0 Å². The molecule has 8 nitrogen and oxygen atoms in total. The molecule has 0 radical (unpaired) electrons.